The van der Waals surface area contributed by atoms with E-state index in [4.69, 9.17) is 20.8 Å². The number of carbonyl (C=O) groups is 1. The molecule has 0 bridgehead atoms. The van der Waals surface area contributed by atoms with Crippen LogP contribution in [-0.2, 0) is 6.42 Å². The lowest BCUT2D eigenvalue weighted by Gasteiger charge is -2.22. The van der Waals surface area contributed by atoms with E-state index in [0.29, 0.717) is 10.8 Å². The van der Waals surface area contributed by atoms with Crippen molar-refractivity contribution in [3.05, 3.63) is 64.4 Å². The molecule has 0 aromatic heterocycles. The molecule has 0 fully saturated rings. The van der Waals surface area contributed by atoms with Crippen molar-refractivity contribution >= 4 is 17.7 Å². The number of likely N-dealkylation sites (N-methyl/N-ethyl adjacent to an activating group) is 1. The number of benzene rings is 1. The van der Waals surface area contributed by atoms with Crippen molar-refractivity contribution in [2.75, 3.05) is 20.1 Å². The predicted octanol–water partition coefficient (Wildman–Crippen LogP) is 5.15. The van der Waals surface area contributed by atoms with Crippen molar-refractivity contribution in [1.82, 2.24) is 10.2 Å². The van der Waals surface area contributed by atoms with Gasteiger partial charge in [-0.3, -0.25) is 0 Å². The fourth-order valence-corrected chi connectivity index (χ4v) is 4.19. The highest BCUT2D eigenvalue weighted by Crippen LogP contribution is 2.41. The maximum Gasteiger partial charge on any atom is 0.412 e. The zero-order valence-corrected chi connectivity index (χ0v) is 17.6. The molecule has 1 N–H and O–H groups in total. The van der Waals surface area contributed by atoms with Gasteiger partial charge >= 0.3 is 6.09 Å². The molecule has 1 aliphatic carbocycles. The molecule has 1 amide bonds. The van der Waals surface area contributed by atoms with Crippen LogP contribution in [0.4, 0.5) is 4.79 Å². The van der Waals surface area contributed by atoms with Crippen molar-refractivity contribution in [3.63, 3.8) is 0 Å². The second kappa shape index (κ2) is 8.09. The molecule has 1 atom stereocenters. The van der Waals surface area contributed by atoms with E-state index < -0.39 is 6.09 Å². The van der Waals surface area contributed by atoms with Crippen LogP contribution < -0.4 is 10.1 Å². The lowest BCUT2D eigenvalue weighted by atomic mass is 9.88. The Hall–Kier alpha value is -2.50. The SMILES string of the molecule is CC(C)NC(=O)Oc1cc2c(cc1Cl)CCN(C)CC2c1ccc2cccoc1-2. The van der Waals surface area contributed by atoms with Crippen LogP contribution in [0.1, 0.15) is 36.5 Å². The molecule has 2 aliphatic heterocycles. The highest BCUT2D eigenvalue weighted by atomic mass is 35.5. The van der Waals surface area contributed by atoms with Gasteiger partial charge < -0.3 is 19.4 Å². The van der Waals surface area contributed by atoms with Crippen LogP contribution >= 0.6 is 11.6 Å². The Labute approximate surface area is 175 Å². The van der Waals surface area contributed by atoms with Gasteiger partial charge in [-0.2, -0.15) is 0 Å². The third-order valence-electron chi connectivity index (χ3n) is 5.32. The molecule has 4 rings (SSSR count). The Bertz CT molecular complexity index is 998. The average molecular weight is 413 g/mol. The van der Waals surface area contributed by atoms with Gasteiger partial charge in [0, 0.05) is 36.2 Å². The van der Waals surface area contributed by atoms with Gasteiger partial charge in [0.2, 0.25) is 0 Å². The fourth-order valence-electron chi connectivity index (χ4n) is 3.96. The van der Waals surface area contributed by atoms with Crippen molar-refractivity contribution in [3.8, 4) is 17.1 Å². The molecular weight excluding hydrogens is 388 g/mol. The Morgan fingerprint density at radius 2 is 2.10 bits per heavy atom. The fraction of sp³-hybridized carbons (Fsp3) is 0.348. The number of nitrogens with one attached hydrogen (secondary N) is 1. The predicted molar refractivity (Wildman–Crippen MR) is 114 cm³/mol. The number of hydrogen-bond donors (Lipinski definition) is 1. The smallest absolute Gasteiger partial charge is 0.412 e. The molecule has 2 heterocycles. The molecule has 5 nitrogen and oxygen atoms in total. The quantitative estimate of drug-likeness (QED) is 0.646. The highest BCUT2D eigenvalue weighted by molar-refractivity contribution is 6.32. The van der Waals surface area contributed by atoms with E-state index >= 15 is 0 Å². The molecule has 0 saturated heterocycles. The number of fused-ring (bicyclic) bond motifs is 2. The van der Waals surface area contributed by atoms with Gasteiger partial charge in [-0.05, 0) is 62.7 Å². The van der Waals surface area contributed by atoms with E-state index in [1.807, 2.05) is 32.0 Å². The number of carbonyl (C=O) groups excluding carboxylic acids is 1. The number of ether oxygens (including phenoxy) is 1. The average Bonchev–Trinajstić information content (AvgIpc) is 3.03. The van der Waals surface area contributed by atoms with Crippen LogP contribution in [0.25, 0.3) is 11.3 Å². The molecule has 152 valence electrons. The first-order valence-electron chi connectivity index (χ1n) is 9.87. The largest absolute Gasteiger partial charge is 0.464 e. The van der Waals surface area contributed by atoms with Crippen molar-refractivity contribution in [1.29, 1.82) is 0 Å². The number of halogens is 1. The molecule has 0 radical (unpaired) electrons. The molecule has 0 saturated carbocycles. The molecule has 6 heteroatoms. The van der Waals surface area contributed by atoms with Crippen LogP contribution in [0.5, 0.6) is 5.75 Å². The van der Waals surface area contributed by atoms with Gasteiger partial charge in [-0.25, -0.2) is 4.79 Å². The van der Waals surface area contributed by atoms with Crippen molar-refractivity contribution < 1.29 is 13.9 Å². The minimum absolute atomic E-state index is 0.0132. The molecule has 1 aromatic carbocycles. The molecule has 0 spiro atoms. The Morgan fingerprint density at radius 1 is 1.28 bits per heavy atom. The number of amides is 1. The second-order valence-electron chi connectivity index (χ2n) is 7.92. The van der Waals surface area contributed by atoms with Crippen LogP contribution in [0.15, 0.2) is 47.1 Å². The summed E-state index contributed by atoms with van der Waals surface area (Å²) in [6.45, 7) is 5.55. The minimum Gasteiger partial charge on any atom is -0.464 e. The summed E-state index contributed by atoms with van der Waals surface area (Å²) in [4.78, 5) is 14.4. The second-order valence-corrected chi connectivity index (χ2v) is 8.33. The summed E-state index contributed by atoms with van der Waals surface area (Å²) in [6.07, 6.45) is 2.09. The van der Waals surface area contributed by atoms with Gasteiger partial charge in [-0.1, -0.05) is 23.7 Å². The molecule has 29 heavy (non-hydrogen) atoms. The van der Waals surface area contributed by atoms with Crippen LogP contribution in [0.2, 0.25) is 5.02 Å². The molecule has 1 aromatic rings. The summed E-state index contributed by atoms with van der Waals surface area (Å²) >= 11 is 6.46. The normalized spacial score (nSPS) is 17.2. The van der Waals surface area contributed by atoms with Gasteiger partial charge in [0.25, 0.3) is 0 Å². The van der Waals surface area contributed by atoms with Crippen molar-refractivity contribution in [2.24, 2.45) is 0 Å². The zero-order valence-electron chi connectivity index (χ0n) is 16.9. The maximum absolute atomic E-state index is 12.1. The lowest BCUT2D eigenvalue weighted by molar-refractivity contribution is 0.197. The topological polar surface area (TPSA) is 54.7 Å². The molecular formula is C23H25ClN2O3. The summed E-state index contributed by atoms with van der Waals surface area (Å²) in [7, 11) is 2.12. The Balaban J connectivity index is 1.76. The van der Waals surface area contributed by atoms with Gasteiger partial charge in [0.05, 0.1) is 11.3 Å². The number of hydrogen-bond acceptors (Lipinski definition) is 4. The van der Waals surface area contributed by atoms with E-state index in [-0.39, 0.29) is 12.0 Å². The Kier molecular flexibility index (Phi) is 5.52. The Morgan fingerprint density at radius 3 is 2.90 bits per heavy atom. The van der Waals surface area contributed by atoms with E-state index in [9.17, 15) is 4.79 Å². The van der Waals surface area contributed by atoms with Gasteiger partial charge in [-0.15, -0.1) is 0 Å². The number of nitrogens with zero attached hydrogens (tertiary/aromatic N) is 1. The van der Waals surface area contributed by atoms with E-state index in [2.05, 4.69) is 35.5 Å². The van der Waals surface area contributed by atoms with Crippen LogP contribution in [0, 0.1) is 0 Å². The van der Waals surface area contributed by atoms with Gasteiger partial charge in [0.15, 0.2) is 5.75 Å². The zero-order chi connectivity index (χ0) is 20.5. The van der Waals surface area contributed by atoms with Crippen LogP contribution in [0.3, 0.4) is 0 Å². The van der Waals surface area contributed by atoms with E-state index in [1.54, 1.807) is 6.26 Å². The van der Waals surface area contributed by atoms with Gasteiger partial charge in [0.1, 0.15) is 5.76 Å². The monoisotopic (exact) mass is 412 g/mol. The summed E-state index contributed by atoms with van der Waals surface area (Å²) in [5.74, 6) is 1.37. The minimum atomic E-state index is -0.502. The lowest BCUT2D eigenvalue weighted by Crippen LogP contribution is -2.32. The third-order valence-corrected chi connectivity index (χ3v) is 5.61. The molecule has 1 unspecified atom stereocenters. The maximum atomic E-state index is 12.1. The van der Waals surface area contributed by atoms with E-state index in [1.165, 1.54) is 5.56 Å². The summed E-state index contributed by atoms with van der Waals surface area (Å²) < 4.78 is 11.4. The standard InChI is InChI=1S/C23H25ClN2O3/c1-14(2)25-23(27)29-21-12-18-16(11-20(21)24)8-9-26(3)13-19(18)17-7-6-15-5-4-10-28-22(15)17/h4-7,10-12,14,19H,8-9,13H2,1-3H3,(H,25,27). The first kappa shape index (κ1) is 19.8. The summed E-state index contributed by atoms with van der Waals surface area (Å²) in [6, 6.07) is 12.0. The van der Waals surface area contributed by atoms with E-state index in [0.717, 1.165) is 42.0 Å². The third kappa shape index (κ3) is 4.11. The highest BCUT2D eigenvalue weighted by Gasteiger charge is 2.29. The first-order chi connectivity index (χ1) is 13.9. The molecule has 3 aliphatic rings. The summed E-state index contributed by atoms with van der Waals surface area (Å²) in [5, 5.41) is 3.19. The number of rotatable bonds is 3. The summed E-state index contributed by atoms with van der Waals surface area (Å²) in [5.41, 5.74) is 4.51. The van der Waals surface area contributed by atoms with Crippen LogP contribution in [-0.4, -0.2) is 37.2 Å². The first-order valence-corrected chi connectivity index (χ1v) is 10.3. The van der Waals surface area contributed by atoms with Crippen molar-refractivity contribution in [2.45, 2.75) is 32.2 Å².